The van der Waals surface area contributed by atoms with Crippen molar-refractivity contribution < 1.29 is 17.6 Å². The highest BCUT2D eigenvalue weighted by atomic mass is 32.2. The third-order valence-electron chi connectivity index (χ3n) is 9.86. The summed E-state index contributed by atoms with van der Waals surface area (Å²) in [6.07, 6.45) is 9.87. The van der Waals surface area contributed by atoms with E-state index < -0.39 is 23.4 Å². The van der Waals surface area contributed by atoms with Crippen molar-refractivity contribution in [3.05, 3.63) is 22.8 Å². The molecule has 0 amide bonds. The van der Waals surface area contributed by atoms with E-state index in [0.717, 1.165) is 62.5 Å². The van der Waals surface area contributed by atoms with Crippen LogP contribution < -0.4 is 0 Å². The summed E-state index contributed by atoms with van der Waals surface area (Å²) in [6, 6.07) is 0. The average molecular weight is 493 g/mol. The fraction of sp³-hybridized carbons (Fsp3) is 0.815. The monoisotopic (exact) mass is 492 g/mol. The average Bonchev–Trinajstić information content (AvgIpc) is 3.15. The van der Waals surface area contributed by atoms with Gasteiger partial charge in [-0.05, 0) is 93.3 Å². The summed E-state index contributed by atoms with van der Waals surface area (Å²) in [4.78, 5) is 12.3. The third kappa shape index (κ3) is 4.49. The maximum Gasteiger partial charge on any atom is 0.192 e. The third-order valence-corrected chi connectivity index (χ3v) is 16.3. The summed E-state index contributed by atoms with van der Waals surface area (Å²) in [5.41, 5.74) is 3.59. The van der Waals surface area contributed by atoms with Crippen LogP contribution >= 0.6 is 0 Å². The summed E-state index contributed by atoms with van der Waals surface area (Å²) < 4.78 is 33.4. The highest BCUT2D eigenvalue weighted by molar-refractivity contribution is 7.92. The van der Waals surface area contributed by atoms with Crippen LogP contribution in [0.4, 0.5) is 0 Å². The standard InChI is InChI=1S/C27H44O4SSi/c1-18(28)23-12-13-24-19(9-8-14-27(23,24)5)15-25-22-16-21(31-33(6,7)26(2,3)4)11-10-20(22)17-32(25,29)30/h15,21,23-25H,8-14,16-17H2,1-7H3/b19-15+/t21-,23+,24-,25?,27+/m0/s1. The first-order valence-electron chi connectivity index (χ1n) is 13.0. The molecule has 0 bridgehead atoms. The fourth-order valence-electron chi connectivity index (χ4n) is 7.02. The minimum atomic E-state index is -3.20. The van der Waals surface area contributed by atoms with Crippen molar-refractivity contribution >= 4 is 23.9 Å². The molecule has 0 saturated heterocycles. The van der Waals surface area contributed by atoms with E-state index in [1.165, 1.54) is 5.57 Å². The lowest BCUT2D eigenvalue weighted by Crippen LogP contribution is -2.44. The number of carbonyl (C=O) groups excluding carboxylic acids is 1. The second-order valence-corrected chi connectivity index (χ2v) is 19.9. The number of hydrogen-bond donors (Lipinski definition) is 0. The van der Waals surface area contributed by atoms with Gasteiger partial charge in [-0.25, -0.2) is 8.42 Å². The Morgan fingerprint density at radius 1 is 1.15 bits per heavy atom. The molecule has 0 radical (unpaired) electrons. The van der Waals surface area contributed by atoms with Gasteiger partial charge in [-0.3, -0.25) is 4.79 Å². The van der Waals surface area contributed by atoms with Gasteiger partial charge in [0.25, 0.3) is 0 Å². The molecule has 0 aromatic carbocycles. The Balaban J connectivity index is 1.61. The molecule has 33 heavy (non-hydrogen) atoms. The van der Waals surface area contributed by atoms with E-state index in [-0.39, 0.29) is 28.2 Å². The maximum absolute atomic E-state index is 13.3. The van der Waals surface area contributed by atoms with Crippen LogP contribution in [0.25, 0.3) is 0 Å². The van der Waals surface area contributed by atoms with Gasteiger partial charge in [-0.2, -0.15) is 0 Å². The molecular formula is C27H44O4SSi. The zero-order valence-electron chi connectivity index (χ0n) is 21.8. The van der Waals surface area contributed by atoms with Gasteiger partial charge in [-0.15, -0.1) is 0 Å². The summed E-state index contributed by atoms with van der Waals surface area (Å²) in [7, 11) is -5.11. The van der Waals surface area contributed by atoms with Gasteiger partial charge >= 0.3 is 0 Å². The zero-order valence-corrected chi connectivity index (χ0v) is 23.6. The molecule has 1 heterocycles. The first-order valence-corrected chi connectivity index (χ1v) is 17.6. The van der Waals surface area contributed by atoms with Crippen LogP contribution in [0.15, 0.2) is 22.8 Å². The fourth-order valence-corrected chi connectivity index (χ4v) is 10.5. The van der Waals surface area contributed by atoms with Gasteiger partial charge in [0.05, 0.1) is 5.75 Å². The molecule has 5 atom stereocenters. The largest absolute Gasteiger partial charge is 0.414 e. The summed E-state index contributed by atoms with van der Waals surface area (Å²) >= 11 is 0. The number of carbonyl (C=O) groups is 1. The lowest BCUT2D eigenvalue weighted by molar-refractivity contribution is -0.124. The molecule has 1 aliphatic heterocycles. The second-order valence-electron chi connectivity index (χ2n) is 13.0. The molecule has 4 aliphatic rings. The highest BCUT2D eigenvalue weighted by Crippen LogP contribution is 2.58. The lowest BCUT2D eigenvalue weighted by Gasteiger charge is -2.42. The van der Waals surface area contributed by atoms with Crippen molar-refractivity contribution in [3.63, 3.8) is 0 Å². The summed E-state index contributed by atoms with van der Waals surface area (Å²) in [5.74, 6) is 1.00. The van der Waals surface area contributed by atoms with Crippen LogP contribution in [0, 0.1) is 17.3 Å². The van der Waals surface area contributed by atoms with Crippen molar-refractivity contribution in [1.82, 2.24) is 0 Å². The van der Waals surface area contributed by atoms with Gasteiger partial charge < -0.3 is 4.43 Å². The molecule has 2 saturated carbocycles. The topological polar surface area (TPSA) is 60.4 Å². The lowest BCUT2D eigenvalue weighted by atomic mass is 9.62. The Morgan fingerprint density at radius 3 is 2.48 bits per heavy atom. The number of ketones is 1. The van der Waals surface area contributed by atoms with Crippen LogP contribution in [-0.4, -0.2) is 39.6 Å². The molecule has 0 aromatic rings. The van der Waals surface area contributed by atoms with Crippen molar-refractivity contribution in [3.8, 4) is 0 Å². The molecule has 4 rings (SSSR count). The van der Waals surface area contributed by atoms with Gasteiger partial charge in [0.2, 0.25) is 0 Å². The van der Waals surface area contributed by atoms with Crippen molar-refractivity contribution in [2.24, 2.45) is 17.3 Å². The van der Waals surface area contributed by atoms with Gasteiger partial charge in [0.15, 0.2) is 18.2 Å². The predicted octanol–water partition coefficient (Wildman–Crippen LogP) is 6.39. The molecule has 2 fully saturated rings. The molecule has 0 spiro atoms. The van der Waals surface area contributed by atoms with Crippen LogP contribution in [0.3, 0.4) is 0 Å². The van der Waals surface area contributed by atoms with E-state index in [0.29, 0.717) is 11.7 Å². The normalized spacial score (nSPS) is 37.8. The molecule has 0 N–H and O–H groups in total. The van der Waals surface area contributed by atoms with Crippen LogP contribution in [-0.2, 0) is 19.1 Å². The summed E-state index contributed by atoms with van der Waals surface area (Å²) in [5, 5.41) is -0.334. The van der Waals surface area contributed by atoms with E-state index in [2.05, 4.69) is 46.9 Å². The Hall–Kier alpha value is -0.723. The number of hydrogen-bond acceptors (Lipinski definition) is 4. The number of rotatable bonds is 4. The van der Waals surface area contributed by atoms with Gasteiger partial charge in [-0.1, -0.05) is 44.9 Å². The molecule has 3 aliphatic carbocycles. The summed E-state index contributed by atoms with van der Waals surface area (Å²) in [6.45, 7) is 15.4. The zero-order chi connectivity index (χ0) is 24.4. The van der Waals surface area contributed by atoms with Gasteiger partial charge in [0.1, 0.15) is 11.0 Å². The Bertz CT molecular complexity index is 984. The number of Topliss-reactive ketones (excluding diaryl/α,β-unsaturated/α-hetero) is 1. The number of allylic oxidation sites excluding steroid dienone is 1. The van der Waals surface area contributed by atoms with Crippen molar-refractivity contribution in [2.75, 3.05) is 5.75 Å². The first kappa shape index (κ1) is 25.4. The minimum absolute atomic E-state index is 0.00393. The van der Waals surface area contributed by atoms with Crippen molar-refractivity contribution in [2.45, 2.75) is 115 Å². The van der Waals surface area contributed by atoms with Crippen LogP contribution in [0.2, 0.25) is 18.1 Å². The molecule has 6 heteroatoms. The smallest absolute Gasteiger partial charge is 0.192 e. The van der Waals surface area contributed by atoms with Crippen LogP contribution in [0.1, 0.15) is 86.0 Å². The molecule has 0 aromatic heterocycles. The van der Waals surface area contributed by atoms with E-state index in [4.69, 9.17) is 4.43 Å². The Kier molecular flexibility index (Phi) is 6.49. The van der Waals surface area contributed by atoms with Crippen LogP contribution in [0.5, 0.6) is 0 Å². The van der Waals surface area contributed by atoms with E-state index in [1.54, 1.807) is 6.92 Å². The van der Waals surface area contributed by atoms with E-state index >= 15 is 0 Å². The first-order chi connectivity index (χ1) is 15.2. The maximum atomic E-state index is 13.3. The Morgan fingerprint density at radius 2 is 1.85 bits per heavy atom. The molecule has 186 valence electrons. The Labute approximate surface area is 202 Å². The van der Waals surface area contributed by atoms with Crippen molar-refractivity contribution in [1.29, 1.82) is 0 Å². The minimum Gasteiger partial charge on any atom is -0.414 e. The quantitative estimate of drug-likeness (QED) is 0.337. The SMILES string of the molecule is CC(=O)[C@H]1CC[C@H]2/C(=C/C3C4=C(CC[C@H](O[Si](C)(C)C(C)(C)C)C4)CS3(=O)=O)CCC[C@]12C. The second kappa shape index (κ2) is 8.44. The highest BCUT2D eigenvalue weighted by Gasteiger charge is 2.52. The van der Waals surface area contributed by atoms with E-state index in [1.807, 2.05) is 0 Å². The number of sulfone groups is 1. The van der Waals surface area contributed by atoms with Gasteiger partial charge in [0, 0.05) is 12.0 Å². The van der Waals surface area contributed by atoms with E-state index in [9.17, 15) is 13.2 Å². The molecule has 1 unspecified atom stereocenters. The molecule has 4 nitrogen and oxygen atoms in total. The molecular weight excluding hydrogens is 448 g/mol. The number of fused-ring (bicyclic) bond motifs is 1. The predicted molar refractivity (Wildman–Crippen MR) is 137 cm³/mol.